The molecule has 0 bridgehead atoms. The number of esters is 1. The van der Waals surface area contributed by atoms with Crippen molar-refractivity contribution in [2.24, 2.45) is 0 Å². The number of carbonyl (C=O) groups is 2. The second-order valence-electron chi connectivity index (χ2n) is 5.19. The molecule has 0 N–H and O–H groups in total. The molecule has 0 radical (unpaired) electrons. The molecule has 1 aromatic carbocycles. The summed E-state index contributed by atoms with van der Waals surface area (Å²) in [5.74, 6) is -1.03. The summed E-state index contributed by atoms with van der Waals surface area (Å²) >= 11 is 0. The molecule has 0 aliphatic carbocycles. The zero-order chi connectivity index (χ0) is 17.0. The van der Waals surface area contributed by atoms with Crippen molar-refractivity contribution in [3.8, 4) is 0 Å². The maximum absolute atomic E-state index is 12.5. The lowest BCUT2D eigenvalue weighted by Gasteiger charge is -2.18. The highest BCUT2D eigenvalue weighted by Crippen LogP contribution is 2.16. The fourth-order valence-corrected chi connectivity index (χ4v) is 2.30. The van der Waals surface area contributed by atoms with Gasteiger partial charge in [-0.05, 0) is 12.5 Å². The molecule has 23 heavy (non-hydrogen) atoms. The molecule has 1 heterocycles. The number of carbonyl (C=O) groups excluding carboxylic acids is 2. The molecular weight excluding hydrogens is 300 g/mol. The fraction of sp³-hybridized carbons (Fsp3) is 0.375. The minimum Gasteiger partial charge on any atom is -0.805 e. The molecule has 0 aliphatic rings. The number of para-hydroxylation sites is 2. The highest BCUT2D eigenvalue weighted by Gasteiger charge is 2.26. The van der Waals surface area contributed by atoms with E-state index in [0.717, 1.165) is 6.42 Å². The quantitative estimate of drug-likeness (QED) is 0.463. The lowest BCUT2D eigenvalue weighted by Crippen LogP contribution is -2.31. The van der Waals surface area contributed by atoms with Gasteiger partial charge < -0.3 is 14.7 Å². The summed E-state index contributed by atoms with van der Waals surface area (Å²) in [5, 5.41) is 12.5. The van der Waals surface area contributed by atoms with Gasteiger partial charge in [-0.3, -0.25) is 9.59 Å². The van der Waals surface area contributed by atoms with E-state index in [1.165, 1.54) is 19.1 Å². The molecule has 0 unspecified atom stereocenters. The van der Waals surface area contributed by atoms with Gasteiger partial charge in [-0.15, -0.1) is 0 Å². The van der Waals surface area contributed by atoms with E-state index in [0.29, 0.717) is 15.6 Å². The van der Waals surface area contributed by atoms with E-state index >= 15 is 0 Å². The molecular formula is C16H18N2O5. The summed E-state index contributed by atoms with van der Waals surface area (Å²) < 4.78 is 5.94. The van der Waals surface area contributed by atoms with Gasteiger partial charge in [0, 0.05) is 24.3 Å². The summed E-state index contributed by atoms with van der Waals surface area (Å²) in [6.45, 7) is 2.73. The molecule has 0 amide bonds. The van der Waals surface area contributed by atoms with E-state index < -0.39 is 18.4 Å². The van der Waals surface area contributed by atoms with Gasteiger partial charge in [0.1, 0.15) is 17.8 Å². The van der Waals surface area contributed by atoms with Crippen LogP contribution < -0.4 is 4.43 Å². The van der Waals surface area contributed by atoms with E-state index in [1.54, 1.807) is 12.1 Å². The first-order valence-corrected chi connectivity index (χ1v) is 7.40. The van der Waals surface area contributed by atoms with Gasteiger partial charge in [0.25, 0.3) is 5.52 Å². The number of ketones is 1. The highest BCUT2D eigenvalue weighted by molar-refractivity contribution is 5.93. The molecule has 122 valence electrons. The molecule has 0 atom stereocenters. The molecule has 0 aliphatic heterocycles. The number of ether oxygens (including phenoxy) is 1. The molecule has 0 fully saturated rings. The summed E-state index contributed by atoms with van der Waals surface area (Å²) in [4.78, 5) is 35.8. The van der Waals surface area contributed by atoms with Crippen LogP contribution in [0.5, 0.6) is 0 Å². The molecule has 2 aromatic rings. The van der Waals surface area contributed by atoms with Crippen LogP contribution in [0.1, 0.15) is 49.3 Å². The van der Waals surface area contributed by atoms with Gasteiger partial charge in [-0.2, -0.15) is 0 Å². The smallest absolute Gasteiger partial charge is 0.328 e. The highest BCUT2D eigenvalue weighted by atomic mass is 16.5. The van der Waals surface area contributed by atoms with Crippen molar-refractivity contribution >= 4 is 22.8 Å². The zero-order valence-electron chi connectivity index (χ0n) is 13.1. The van der Waals surface area contributed by atoms with Crippen LogP contribution in [0.15, 0.2) is 24.3 Å². The Labute approximate surface area is 132 Å². The largest absolute Gasteiger partial charge is 0.805 e. The van der Waals surface area contributed by atoms with Gasteiger partial charge in [-0.1, -0.05) is 25.5 Å². The van der Waals surface area contributed by atoms with Crippen molar-refractivity contribution in [2.45, 2.75) is 39.7 Å². The zero-order valence-corrected chi connectivity index (χ0v) is 13.1. The third-order valence-electron chi connectivity index (χ3n) is 3.48. The Hall–Kier alpha value is -2.70. The minimum atomic E-state index is -0.560. The van der Waals surface area contributed by atoms with Crippen LogP contribution in [-0.2, 0) is 16.1 Å². The van der Waals surface area contributed by atoms with Gasteiger partial charge in [0.05, 0.1) is 4.43 Å². The first-order valence-electron chi connectivity index (χ1n) is 7.40. The summed E-state index contributed by atoms with van der Waals surface area (Å²) in [7, 11) is 0. The predicted molar refractivity (Wildman–Crippen MR) is 83.4 cm³/mol. The molecule has 1 aromatic heterocycles. The second kappa shape index (κ2) is 7.04. The predicted octanol–water partition coefficient (Wildman–Crippen LogP) is 2.34. The van der Waals surface area contributed by atoms with Crippen molar-refractivity contribution in [1.29, 1.82) is 0 Å². The lowest BCUT2D eigenvalue weighted by atomic mass is 10.2. The van der Waals surface area contributed by atoms with Crippen LogP contribution in [0, 0.1) is 10.1 Å². The first kappa shape index (κ1) is 16.7. The Morgan fingerprint density at radius 3 is 2.65 bits per heavy atom. The standard InChI is InChI=1S/C16H18N2O5/c1-3-4-9-15(20)23-10-14-16(11(2)19)18(22)13-8-6-5-7-12(13)17(14)21/h5-8H,3-4,9-10H2,1-2H3. The molecule has 0 spiro atoms. The summed E-state index contributed by atoms with van der Waals surface area (Å²) in [6, 6.07) is 6.15. The SMILES string of the molecule is CCCCC(=O)OCc1c(C(C)=O)[n+](=O)c2ccccc2n1[O-]. The molecule has 7 nitrogen and oxygen atoms in total. The van der Waals surface area contributed by atoms with Crippen LogP contribution in [0.4, 0.5) is 0 Å². The first-order chi connectivity index (χ1) is 11.0. The summed E-state index contributed by atoms with van der Waals surface area (Å²) in [5.41, 5.74) is -0.251. The Balaban J connectivity index is 2.47. The van der Waals surface area contributed by atoms with E-state index in [9.17, 15) is 19.7 Å². The number of rotatable bonds is 6. The Kier molecular flexibility index (Phi) is 5.10. The van der Waals surface area contributed by atoms with Crippen molar-refractivity contribution in [2.75, 3.05) is 0 Å². The van der Waals surface area contributed by atoms with Crippen molar-refractivity contribution < 1.29 is 18.8 Å². The van der Waals surface area contributed by atoms with Crippen molar-refractivity contribution in [3.63, 3.8) is 0 Å². The van der Waals surface area contributed by atoms with E-state index in [2.05, 4.69) is 0 Å². The summed E-state index contributed by atoms with van der Waals surface area (Å²) in [6.07, 6.45) is 1.75. The number of unbranched alkanes of at least 4 members (excludes halogenated alkanes) is 1. The van der Waals surface area contributed by atoms with Gasteiger partial charge in [0.2, 0.25) is 5.78 Å². The number of hydrogen-bond donors (Lipinski definition) is 0. The Bertz CT molecular complexity index is 810. The third kappa shape index (κ3) is 3.39. The molecule has 0 saturated carbocycles. The normalized spacial score (nSPS) is 10.7. The monoisotopic (exact) mass is 318 g/mol. The molecule has 0 saturated heterocycles. The average molecular weight is 318 g/mol. The van der Waals surface area contributed by atoms with Crippen LogP contribution in [-0.4, -0.2) is 16.5 Å². The average Bonchev–Trinajstić information content (AvgIpc) is 2.54. The second-order valence-corrected chi connectivity index (χ2v) is 5.19. The Morgan fingerprint density at radius 2 is 2.00 bits per heavy atom. The van der Waals surface area contributed by atoms with Gasteiger partial charge >= 0.3 is 11.7 Å². The van der Waals surface area contributed by atoms with Gasteiger partial charge in [0.15, 0.2) is 0 Å². The number of aromatic nitrogens is 2. The molecule has 7 heteroatoms. The molecule has 2 rings (SSSR count). The van der Waals surface area contributed by atoms with Crippen molar-refractivity contribution in [3.05, 3.63) is 45.8 Å². The minimum absolute atomic E-state index is 0.0914. The van der Waals surface area contributed by atoms with E-state index in [1.807, 2.05) is 6.92 Å². The van der Waals surface area contributed by atoms with Crippen LogP contribution in [0.3, 0.4) is 0 Å². The fourth-order valence-electron chi connectivity index (χ4n) is 2.30. The number of nitrogens with zero attached hydrogens (tertiary/aromatic N) is 2. The van der Waals surface area contributed by atoms with E-state index in [4.69, 9.17) is 4.74 Å². The number of hydrogen-bond acceptors (Lipinski definition) is 5. The maximum atomic E-state index is 12.5. The van der Waals surface area contributed by atoms with Crippen LogP contribution in [0.2, 0.25) is 0 Å². The van der Waals surface area contributed by atoms with Crippen molar-refractivity contribution in [1.82, 2.24) is 4.73 Å². The van der Waals surface area contributed by atoms with Crippen LogP contribution >= 0.6 is 0 Å². The maximum Gasteiger partial charge on any atom is 0.328 e. The topological polar surface area (TPSA) is 94.3 Å². The number of Topliss-reactive ketones (excluding diaryl/α,β-unsaturated/α-hetero) is 1. The van der Waals surface area contributed by atoms with Gasteiger partial charge in [-0.25, -0.2) is 0 Å². The third-order valence-corrected chi connectivity index (χ3v) is 3.48. The van der Waals surface area contributed by atoms with Crippen LogP contribution in [0.25, 0.3) is 11.0 Å². The Morgan fingerprint density at radius 1 is 1.30 bits per heavy atom. The van der Waals surface area contributed by atoms with E-state index in [-0.39, 0.29) is 28.8 Å². The number of benzene rings is 1. The lowest BCUT2D eigenvalue weighted by molar-refractivity contribution is -0.468. The number of fused-ring (bicyclic) bond motifs is 1.